The Morgan fingerprint density at radius 3 is 2.31 bits per heavy atom. The Bertz CT molecular complexity index is 795. The second-order valence-corrected chi connectivity index (χ2v) is 6.69. The Labute approximate surface area is 153 Å². The number of ether oxygens (including phenoxy) is 1. The number of hydrogen-bond donors (Lipinski definition) is 1. The maximum atomic E-state index is 12.3. The van der Waals surface area contributed by atoms with E-state index in [1.54, 1.807) is 12.1 Å². The van der Waals surface area contributed by atoms with Crippen LogP contribution in [0.15, 0.2) is 41.2 Å². The normalized spacial score (nSPS) is 15.0. The number of nitrogens with zero attached hydrogens (tertiary/aromatic N) is 2. The van der Waals surface area contributed by atoms with Gasteiger partial charge in [0, 0.05) is 48.8 Å². The summed E-state index contributed by atoms with van der Waals surface area (Å²) >= 11 is 0. The molecule has 0 radical (unpaired) electrons. The van der Waals surface area contributed by atoms with E-state index in [1.807, 2.05) is 42.7 Å². The smallest absolute Gasteiger partial charge is 0.244 e. The monoisotopic (exact) mass is 355 g/mol. The molecule has 1 aromatic carbocycles. The van der Waals surface area contributed by atoms with E-state index in [0.29, 0.717) is 0 Å². The van der Waals surface area contributed by atoms with Gasteiger partial charge in [-0.1, -0.05) is 12.1 Å². The zero-order valence-corrected chi connectivity index (χ0v) is 15.3. The summed E-state index contributed by atoms with van der Waals surface area (Å²) in [5.41, 5.74) is 3.53. The molecule has 1 saturated heterocycles. The molecule has 138 valence electrons. The summed E-state index contributed by atoms with van der Waals surface area (Å²) < 4.78 is 7.20. The third kappa shape index (κ3) is 4.80. The largest absolute Gasteiger partial charge is 0.379 e. The van der Waals surface area contributed by atoms with Crippen molar-refractivity contribution in [3.63, 3.8) is 0 Å². The van der Waals surface area contributed by atoms with E-state index in [0.717, 1.165) is 49.9 Å². The highest BCUT2D eigenvalue weighted by atomic mass is 16.5. The van der Waals surface area contributed by atoms with Crippen LogP contribution in [0.4, 0.5) is 5.69 Å². The van der Waals surface area contributed by atoms with Crippen molar-refractivity contribution < 1.29 is 9.53 Å². The van der Waals surface area contributed by atoms with Crippen molar-refractivity contribution in [3.8, 4) is 0 Å². The summed E-state index contributed by atoms with van der Waals surface area (Å²) in [6.07, 6.45) is 0. The van der Waals surface area contributed by atoms with Gasteiger partial charge in [-0.15, -0.1) is 0 Å². The predicted octanol–water partition coefficient (Wildman–Crippen LogP) is 1.94. The second-order valence-electron chi connectivity index (χ2n) is 6.69. The lowest BCUT2D eigenvalue weighted by molar-refractivity contribution is -0.116. The molecule has 0 spiro atoms. The first kappa shape index (κ1) is 18.4. The molecular weight excluding hydrogens is 330 g/mol. The number of aryl methyl sites for hydroxylation is 2. The number of hydrogen-bond acceptors (Lipinski definition) is 4. The van der Waals surface area contributed by atoms with Crippen LogP contribution in [0.2, 0.25) is 0 Å². The van der Waals surface area contributed by atoms with Gasteiger partial charge in [-0.3, -0.25) is 14.5 Å². The van der Waals surface area contributed by atoms with Crippen LogP contribution in [0.25, 0.3) is 0 Å². The maximum absolute atomic E-state index is 12.3. The number of carbonyl (C=O) groups is 1. The second kappa shape index (κ2) is 8.29. The van der Waals surface area contributed by atoms with Gasteiger partial charge < -0.3 is 14.6 Å². The van der Waals surface area contributed by atoms with E-state index in [-0.39, 0.29) is 17.9 Å². The number of aromatic nitrogens is 1. The fourth-order valence-electron chi connectivity index (χ4n) is 3.19. The third-order valence-corrected chi connectivity index (χ3v) is 4.60. The molecule has 0 aliphatic carbocycles. The first-order valence-electron chi connectivity index (χ1n) is 8.88. The van der Waals surface area contributed by atoms with Gasteiger partial charge in [-0.2, -0.15) is 0 Å². The highest BCUT2D eigenvalue weighted by Crippen LogP contribution is 2.13. The Morgan fingerprint density at radius 2 is 1.69 bits per heavy atom. The summed E-state index contributed by atoms with van der Waals surface area (Å²) in [4.78, 5) is 26.2. The van der Waals surface area contributed by atoms with E-state index in [4.69, 9.17) is 4.74 Å². The van der Waals surface area contributed by atoms with Crippen molar-refractivity contribution in [1.29, 1.82) is 0 Å². The molecule has 0 saturated carbocycles. The van der Waals surface area contributed by atoms with Gasteiger partial charge in [0.2, 0.25) is 5.91 Å². The summed E-state index contributed by atoms with van der Waals surface area (Å²) in [5.74, 6) is -0.110. The molecule has 1 fully saturated rings. The molecule has 1 amide bonds. The summed E-state index contributed by atoms with van der Waals surface area (Å²) in [7, 11) is 0. The van der Waals surface area contributed by atoms with Crippen LogP contribution in [0.3, 0.4) is 0 Å². The van der Waals surface area contributed by atoms with Crippen LogP contribution in [-0.4, -0.2) is 41.7 Å². The number of amides is 1. The predicted molar refractivity (Wildman–Crippen MR) is 101 cm³/mol. The molecule has 0 unspecified atom stereocenters. The fourth-order valence-corrected chi connectivity index (χ4v) is 3.19. The summed E-state index contributed by atoms with van der Waals surface area (Å²) in [5, 5.41) is 2.92. The van der Waals surface area contributed by atoms with Crippen LogP contribution in [-0.2, 0) is 22.6 Å². The van der Waals surface area contributed by atoms with Crippen LogP contribution in [0.5, 0.6) is 0 Å². The molecule has 1 aliphatic rings. The lowest BCUT2D eigenvalue weighted by Crippen LogP contribution is -2.35. The average Bonchev–Trinajstić information content (AvgIpc) is 2.61. The molecule has 1 aliphatic heterocycles. The fraction of sp³-hybridized carbons (Fsp3) is 0.400. The van der Waals surface area contributed by atoms with Gasteiger partial charge in [0.25, 0.3) is 0 Å². The van der Waals surface area contributed by atoms with Gasteiger partial charge in [0.1, 0.15) is 6.54 Å². The molecule has 2 aromatic rings. The van der Waals surface area contributed by atoms with Crippen LogP contribution >= 0.6 is 0 Å². The van der Waals surface area contributed by atoms with Crippen molar-refractivity contribution in [2.45, 2.75) is 26.9 Å². The molecule has 6 nitrogen and oxygen atoms in total. The van der Waals surface area contributed by atoms with Gasteiger partial charge in [-0.25, -0.2) is 0 Å². The molecule has 0 bridgehead atoms. The molecular formula is C20H25N3O3. The minimum Gasteiger partial charge on any atom is -0.379 e. The van der Waals surface area contributed by atoms with Crippen molar-refractivity contribution in [1.82, 2.24) is 9.47 Å². The number of benzene rings is 1. The highest BCUT2D eigenvalue weighted by Gasteiger charge is 2.11. The minimum atomic E-state index is -0.110. The molecule has 26 heavy (non-hydrogen) atoms. The number of rotatable bonds is 5. The minimum absolute atomic E-state index is 0.0347. The van der Waals surface area contributed by atoms with Crippen LogP contribution in [0.1, 0.15) is 17.0 Å². The lowest BCUT2D eigenvalue weighted by Gasteiger charge is -2.26. The van der Waals surface area contributed by atoms with Crippen molar-refractivity contribution in [2.75, 3.05) is 31.6 Å². The van der Waals surface area contributed by atoms with Gasteiger partial charge in [0.15, 0.2) is 5.43 Å². The maximum Gasteiger partial charge on any atom is 0.244 e. The van der Waals surface area contributed by atoms with Gasteiger partial charge >= 0.3 is 0 Å². The average molecular weight is 355 g/mol. The number of morpholine rings is 1. The van der Waals surface area contributed by atoms with Crippen molar-refractivity contribution in [2.24, 2.45) is 0 Å². The summed E-state index contributed by atoms with van der Waals surface area (Å²) in [6.45, 7) is 8.24. The molecule has 1 N–H and O–H groups in total. The Balaban J connectivity index is 1.58. The number of pyridine rings is 1. The Morgan fingerprint density at radius 1 is 1.08 bits per heavy atom. The summed E-state index contributed by atoms with van der Waals surface area (Å²) in [6, 6.07) is 11.0. The van der Waals surface area contributed by atoms with E-state index < -0.39 is 0 Å². The molecule has 1 aromatic heterocycles. The Kier molecular flexibility index (Phi) is 5.85. The first-order valence-corrected chi connectivity index (χ1v) is 8.88. The standard InChI is InChI=1S/C20H25N3O3/c1-15-11-19(24)12-16(2)23(15)14-20(25)21-18-5-3-17(4-6-18)13-22-7-9-26-10-8-22/h3-6,11-12H,7-10,13-14H2,1-2H3,(H,21,25). The van der Waals surface area contributed by atoms with Gasteiger partial charge in [0.05, 0.1) is 13.2 Å². The van der Waals surface area contributed by atoms with E-state index in [1.165, 1.54) is 5.56 Å². The lowest BCUT2D eigenvalue weighted by atomic mass is 10.2. The van der Waals surface area contributed by atoms with Gasteiger partial charge in [-0.05, 0) is 31.5 Å². The Hall–Kier alpha value is -2.44. The molecule has 6 heteroatoms. The van der Waals surface area contributed by atoms with E-state index in [9.17, 15) is 9.59 Å². The van der Waals surface area contributed by atoms with Crippen molar-refractivity contribution in [3.05, 3.63) is 63.6 Å². The highest BCUT2D eigenvalue weighted by molar-refractivity contribution is 5.90. The third-order valence-electron chi connectivity index (χ3n) is 4.60. The van der Waals surface area contributed by atoms with Crippen LogP contribution in [0, 0.1) is 13.8 Å². The number of carbonyl (C=O) groups excluding carboxylic acids is 1. The topological polar surface area (TPSA) is 63.6 Å². The number of nitrogens with one attached hydrogen (secondary N) is 1. The SMILES string of the molecule is Cc1cc(=O)cc(C)n1CC(=O)Nc1ccc(CN2CCOCC2)cc1. The van der Waals surface area contributed by atoms with Crippen LogP contribution < -0.4 is 10.7 Å². The molecule has 2 heterocycles. The van der Waals surface area contributed by atoms with Crippen molar-refractivity contribution >= 4 is 11.6 Å². The zero-order valence-electron chi connectivity index (χ0n) is 15.3. The first-order chi connectivity index (χ1) is 12.5. The molecule has 0 atom stereocenters. The zero-order chi connectivity index (χ0) is 18.5. The molecule has 3 rings (SSSR count). The van der Waals surface area contributed by atoms with E-state index in [2.05, 4.69) is 10.2 Å². The number of anilines is 1. The quantitative estimate of drug-likeness (QED) is 0.890. The van der Waals surface area contributed by atoms with E-state index >= 15 is 0 Å².